The molecule has 0 spiro atoms. The lowest BCUT2D eigenvalue weighted by Gasteiger charge is -2.26. The summed E-state index contributed by atoms with van der Waals surface area (Å²) in [6, 6.07) is -3.81. The Labute approximate surface area is 210 Å². The van der Waals surface area contributed by atoms with Crippen LogP contribution in [0.25, 0.3) is 0 Å². The van der Waals surface area contributed by atoms with Gasteiger partial charge < -0.3 is 43.6 Å². The Kier molecular flexibility index (Phi) is 13.2. The van der Waals surface area contributed by atoms with Crippen molar-refractivity contribution in [3.8, 4) is 0 Å². The molecule has 0 saturated carbocycles. The van der Waals surface area contributed by atoms with Gasteiger partial charge in [-0.25, -0.2) is 4.79 Å². The summed E-state index contributed by atoms with van der Waals surface area (Å²) in [5.74, 6) is -3.74. The van der Waals surface area contributed by atoms with E-state index in [0.717, 1.165) is 6.42 Å². The first-order valence-electron chi connectivity index (χ1n) is 12.1. The number of nitrogens with zero attached hydrogens (tertiary/aromatic N) is 1. The molecule has 11 N–H and O–H groups in total. The van der Waals surface area contributed by atoms with Gasteiger partial charge in [-0.15, -0.1) is 0 Å². The number of carbonyl (C=O) groups excluding carboxylic acids is 4. The van der Waals surface area contributed by atoms with Gasteiger partial charge in [-0.1, -0.05) is 13.8 Å². The third-order valence-corrected chi connectivity index (χ3v) is 5.59. The summed E-state index contributed by atoms with van der Waals surface area (Å²) in [6.45, 7) is 4.57. The zero-order valence-electron chi connectivity index (χ0n) is 20.9. The standard InChI is InChI=1S/C22H40N8O6/c1-12(2)11-16(20(34)29-15(21(35)36)6-4-10-27-22(24)25)30-19(33)14(7-8-17(23)31)28-18(32)13-5-3-9-26-13/h12-16,26H,3-11H2,1-2H3,(H2,23,31)(H,28,32)(H,29,34)(H,30,33)(H,35,36)(H4,24,25,27). The molecule has 1 rings (SSSR count). The van der Waals surface area contributed by atoms with E-state index in [2.05, 4.69) is 26.3 Å². The van der Waals surface area contributed by atoms with E-state index >= 15 is 0 Å². The van der Waals surface area contributed by atoms with Crippen LogP contribution in [0.3, 0.4) is 0 Å². The molecule has 1 aliphatic rings. The van der Waals surface area contributed by atoms with Crippen molar-refractivity contribution < 1.29 is 29.1 Å². The zero-order valence-corrected chi connectivity index (χ0v) is 20.9. The maximum absolute atomic E-state index is 13.1. The van der Waals surface area contributed by atoms with Crippen molar-refractivity contribution in [2.24, 2.45) is 28.1 Å². The number of nitrogens with one attached hydrogen (secondary N) is 4. The van der Waals surface area contributed by atoms with Gasteiger partial charge in [0.05, 0.1) is 6.04 Å². The number of amides is 4. The SMILES string of the molecule is CC(C)CC(NC(=O)C(CCC(N)=O)NC(=O)C1CCCN1)C(=O)NC(CCCN=C(N)N)C(=O)O. The molecule has 0 radical (unpaired) electrons. The fourth-order valence-corrected chi connectivity index (χ4v) is 3.74. The predicted octanol–water partition coefficient (Wildman–Crippen LogP) is -2.36. The molecule has 0 aromatic rings. The molecule has 1 heterocycles. The predicted molar refractivity (Wildman–Crippen MR) is 132 cm³/mol. The molecule has 0 aromatic heterocycles. The van der Waals surface area contributed by atoms with Gasteiger partial charge in [0.25, 0.3) is 0 Å². The highest BCUT2D eigenvalue weighted by atomic mass is 16.4. The molecule has 1 fully saturated rings. The Bertz CT molecular complexity index is 808. The smallest absolute Gasteiger partial charge is 0.326 e. The summed E-state index contributed by atoms with van der Waals surface area (Å²) in [6.07, 6.45) is 1.86. The van der Waals surface area contributed by atoms with Gasteiger partial charge in [0.2, 0.25) is 23.6 Å². The van der Waals surface area contributed by atoms with Gasteiger partial charge in [-0.05, 0) is 51.0 Å². The first-order chi connectivity index (χ1) is 16.9. The number of guanidine groups is 1. The maximum Gasteiger partial charge on any atom is 0.326 e. The van der Waals surface area contributed by atoms with Crippen LogP contribution in [0.2, 0.25) is 0 Å². The molecular weight excluding hydrogens is 472 g/mol. The van der Waals surface area contributed by atoms with Crippen LogP contribution in [-0.2, 0) is 24.0 Å². The highest BCUT2D eigenvalue weighted by Crippen LogP contribution is 2.10. The lowest BCUT2D eigenvalue weighted by Crippen LogP contribution is -2.57. The van der Waals surface area contributed by atoms with Crippen LogP contribution in [-0.4, -0.2) is 77.9 Å². The molecule has 4 amide bonds. The molecule has 0 aromatic carbocycles. The van der Waals surface area contributed by atoms with Crippen molar-refractivity contribution in [3.63, 3.8) is 0 Å². The molecule has 0 bridgehead atoms. The topological polar surface area (TPSA) is 244 Å². The van der Waals surface area contributed by atoms with E-state index < -0.39 is 47.9 Å². The average Bonchev–Trinajstić information content (AvgIpc) is 3.32. The lowest BCUT2D eigenvalue weighted by molar-refractivity contribution is -0.142. The van der Waals surface area contributed by atoms with Crippen LogP contribution < -0.4 is 38.5 Å². The molecule has 36 heavy (non-hydrogen) atoms. The van der Waals surface area contributed by atoms with E-state index in [1.807, 2.05) is 13.8 Å². The molecule has 14 nitrogen and oxygen atoms in total. The van der Waals surface area contributed by atoms with E-state index in [4.69, 9.17) is 17.2 Å². The van der Waals surface area contributed by atoms with Crippen molar-refractivity contribution >= 4 is 35.6 Å². The Balaban J connectivity index is 2.90. The van der Waals surface area contributed by atoms with Crippen LogP contribution >= 0.6 is 0 Å². The number of aliphatic carboxylic acids is 1. The monoisotopic (exact) mass is 512 g/mol. The zero-order chi connectivity index (χ0) is 27.3. The minimum Gasteiger partial charge on any atom is -0.480 e. The molecule has 1 aliphatic heterocycles. The van der Waals surface area contributed by atoms with E-state index in [1.54, 1.807) is 0 Å². The Hall–Kier alpha value is -3.42. The Morgan fingerprint density at radius 1 is 0.972 bits per heavy atom. The van der Waals surface area contributed by atoms with E-state index in [1.165, 1.54) is 0 Å². The van der Waals surface area contributed by atoms with Crippen LogP contribution in [0.1, 0.15) is 58.8 Å². The van der Waals surface area contributed by atoms with E-state index in [0.29, 0.717) is 19.4 Å². The van der Waals surface area contributed by atoms with Gasteiger partial charge in [-0.2, -0.15) is 0 Å². The highest BCUT2D eigenvalue weighted by molar-refractivity contribution is 5.94. The van der Waals surface area contributed by atoms with Gasteiger partial charge in [0, 0.05) is 13.0 Å². The number of hydrogen-bond donors (Lipinski definition) is 8. The number of rotatable bonds is 16. The normalized spacial score (nSPS) is 17.5. The molecule has 4 atom stereocenters. The number of carboxylic acid groups (broad SMARTS) is 1. The number of hydrogen-bond acceptors (Lipinski definition) is 7. The number of nitrogens with two attached hydrogens (primary N) is 3. The highest BCUT2D eigenvalue weighted by Gasteiger charge is 2.31. The van der Waals surface area contributed by atoms with E-state index in [-0.39, 0.29) is 50.0 Å². The molecule has 1 saturated heterocycles. The van der Waals surface area contributed by atoms with Crippen molar-refractivity contribution in [3.05, 3.63) is 0 Å². The van der Waals surface area contributed by atoms with Crippen LogP contribution in [0.4, 0.5) is 0 Å². The summed E-state index contributed by atoms with van der Waals surface area (Å²) in [5, 5.41) is 20.2. The van der Waals surface area contributed by atoms with Crippen molar-refractivity contribution in [2.75, 3.05) is 13.1 Å². The quantitative estimate of drug-likeness (QED) is 0.0625. The third-order valence-electron chi connectivity index (χ3n) is 5.59. The van der Waals surface area contributed by atoms with Crippen LogP contribution in [0, 0.1) is 5.92 Å². The van der Waals surface area contributed by atoms with E-state index in [9.17, 15) is 29.1 Å². The minimum atomic E-state index is -1.24. The number of primary amides is 1. The molecule has 0 aliphatic carbocycles. The molecular formula is C22H40N8O6. The van der Waals surface area contributed by atoms with Gasteiger partial charge in [0.15, 0.2) is 5.96 Å². The minimum absolute atomic E-state index is 0.0208. The maximum atomic E-state index is 13.1. The number of carbonyl (C=O) groups is 5. The third kappa shape index (κ3) is 11.8. The summed E-state index contributed by atoms with van der Waals surface area (Å²) >= 11 is 0. The lowest BCUT2D eigenvalue weighted by atomic mass is 10.0. The Morgan fingerprint density at radius 3 is 2.14 bits per heavy atom. The van der Waals surface area contributed by atoms with Crippen molar-refractivity contribution in [1.82, 2.24) is 21.3 Å². The number of aliphatic imine (C=N–C) groups is 1. The fourth-order valence-electron chi connectivity index (χ4n) is 3.74. The second-order valence-corrected chi connectivity index (χ2v) is 9.25. The van der Waals surface area contributed by atoms with Gasteiger partial charge in [0.1, 0.15) is 18.1 Å². The second-order valence-electron chi connectivity index (χ2n) is 9.25. The fraction of sp³-hybridized carbons (Fsp3) is 0.727. The summed E-state index contributed by atoms with van der Waals surface area (Å²) in [7, 11) is 0. The van der Waals surface area contributed by atoms with Crippen LogP contribution in [0.5, 0.6) is 0 Å². The Morgan fingerprint density at radius 2 is 1.61 bits per heavy atom. The first kappa shape index (κ1) is 30.6. The molecule has 4 unspecified atom stereocenters. The largest absolute Gasteiger partial charge is 0.480 e. The van der Waals surface area contributed by atoms with Crippen molar-refractivity contribution in [2.45, 2.75) is 83.0 Å². The molecule has 14 heteroatoms. The van der Waals surface area contributed by atoms with Gasteiger partial charge in [-0.3, -0.25) is 24.2 Å². The average molecular weight is 513 g/mol. The van der Waals surface area contributed by atoms with Crippen molar-refractivity contribution in [1.29, 1.82) is 0 Å². The summed E-state index contributed by atoms with van der Waals surface area (Å²) < 4.78 is 0. The summed E-state index contributed by atoms with van der Waals surface area (Å²) in [4.78, 5) is 65.3. The van der Waals surface area contributed by atoms with Crippen LogP contribution in [0.15, 0.2) is 4.99 Å². The summed E-state index contributed by atoms with van der Waals surface area (Å²) in [5.41, 5.74) is 15.7. The first-order valence-corrected chi connectivity index (χ1v) is 12.1. The second kappa shape index (κ2) is 15.5. The molecule has 204 valence electrons. The number of carboxylic acids is 1. The van der Waals surface area contributed by atoms with Gasteiger partial charge >= 0.3 is 5.97 Å².